The second-order valence-corrected chi connectivity index (χ2v) is 3.73. The summed E-state index contributed by atoms with van der Waals surface area (Å²) in [5, 5.41) is 0. The van der Waals surface area contributed by atoms with Crippen LogP contribution in [0.15, 0.2) is 12.3 Å². The molecule has 1 N–H and O–H groups in total. The molecule has 92 valence electrons. The van der Waals surface area contributed by atoms with Gasteiger partial charge in [-0.15, -0.1) is 0 Å². The van der Waals surface area contributed by atoms with Gasteiger partial charge in [0.1, 0.15) is 12.4 Å². The standard InChI is InChI=1S/C11H13F2N3O/c1-7-2-4-14-11-10(7)15-9(16-11)3-5-17-6-8(12)13/h2,4,8H,3,5-6H2,1H3,(H,14,15,16). The quantitative estimate of drug-likeness (QED) is 0.815. The zero-order valence-electron chi connectivity index (χ0n) is 9.41. The van der Waals surface area contributed by atoms with E-state index in [1.54, 1.807) is 6.20 Å². The van der Waals surface area contributed by atoms with Crippen LogP contribution in [-0.2, 0) is 11.2 Å². The third kappa shape index (κ3) is 2.97. The maximum Gasteiger partial charge on any atom is 0.261 e. The Hall–Kier alpha value is -1.56. The van der Waals surface area contributed by atoms with E-state index in [2.05, 4.69) is 15.0 Å². The van der Waals surface area contributed by atoms with Crippen molar-refractivity contribution in [1.82, 2.24) is 15.0 Å². The smallest absolute Gasteiger partial charge is 0.261 e. The molecule has 0 spiro atoms. The van der Waals surface area contributed by atoms with Crippen molar-refractivity contribution in [1.29, 1.82) is 0 Å². The number of imidazole rings is 1. The number of rotatable bonds is 5. The molecule has 0 aromatic carbocycles. The van der Waals surface area contributed by atoms with Crippen LogP contribution in [-0.4, -0.2) is 34.6 Å². The number of nitrogens with zero attached hydrogens (tertiary/aromatic N) is 2. The lowest BCUT2D eigenvalue weighted by molar-refractivity contribution is 0.0183. The van der Waals surface area contributed by atoms with Crippen molar-refractivity contribution in [2.24, 2.45) is 0 Å². The van der Waals surface area contributed by atoms with Gasteiger partial charge in [0.15, 0.2) is 5.65 Å². The number of aromatic nitrogens is 3. The molecule has 6 heteroatoms. The summed E-state index contributed by atoms with van der Waals surface area (Å²) in [4.78, 5) is 11.5. The van der Waals surface area contributed by atoms with Crippen LogP contribution in [0.3, 0.4) is 0 Å². The number of alkyl halides is 2. The molecule has 2 aromatic rings. The summed E-state index contributed by atoms with van der Waals surface area (Å²) in [5.41, 5.74) is 2.59. The largest absolute Gasteiger partial charge is 0.375 e. The number of nitrogens with one attached hydrogen (secondary N) is 1. The van der Waals surface area contributed by atoms with Crippen molar-refractivity contribution < 1.29 is 13.5 Å². The van der Waals surface area contributed by atoms with E-state index in [0.717, 1.165) is 11.1 Å². The minimum Gasteiger partial charge on any atom is -0.375 e. The first-order chi connectivity index (χ1) is 8.16. The zero-order valence-corrected chi connectivity index (χ0v) is 9.41. The van der Waals surface area contributed by atoms with E-state index in [1.807, 2.05) is 13.0 Å². The van der Waals surface area contributed by atoms with Crippen LogP contribution in [0.2, 0.25) is 0 Å². The van der Waals surface area contributed by atoms with Crippen LogP contribution in [0.5, 0.6) is 0 Å². The van der Waals surface area contributed by atoms with Gasteiger partial charge in [-0.2, -0.15) is 0 Å². The number of hydrogen-bond acceptors (Lipinski definition) is 3. The van der Waals surface area contributed by atoms with Crippen LogP contribution < -0.4 is 0 Å². The molecule has 4 nitrogen and oxygen atoms in total. The van der Waals surface area contributed by atoms with E-state index < -0.39 is 13.0 Å². The molecule has 0 aliphatic rings. The number of aryl methyl sites for hydroxylation is 1. The van der Waals surface area contributed by atoms with Crippen LogP contribution in [0.1, 0.15) is 11.4 Å². The Morgan fingerprint density at radius 2 is 2.29 bits per heavy atom. The predicted octanol–water partition coefficient (Wildman–Crippen LogP) is 2.09. The third-order valence-electron chi connectivity index (χ3n) is 2.38. The highest BCUT2D eigenvalue weighted by atomic mass is 19.3. The molecule has 17 heavy (non-hydrogen) atoms. The average Bonchev–Trinajstić information content (AvgIpc) is 2.69. The van der Waals surface area contributed by atoms with Crippen molar-refractivity contribution in [2.45, 2.75) is 19.8 Å². The minimum absolute atomic E-state index is 0.225. The average molecular weight is 241 g/mol. The zero-order chi connectivity index (χ0) is 12.3. The van der Waals surface area contributed by atoms with Crippen molar-refractivity contribution >= 4 is 11.2 Å². The van der Waals surface area contributed by atoms with E-state index in [9.17, 15) is 8.78 Å². The molecule has 0 fully saturated rings. The Bertz CT molecular complexity index is 498. The van der Waals surface area contributed by atoms with E-state index in [-0.39, 0.29) is 6.61 Å². The molecule has 0 radical (unpaired) electrons. The summed E-state index contributed by atoms with van der Waals surface area (Å²) in [6.45, 7) is 1.65. The summed E-state index contributed by atoms with van der Waals surface area (Å²) in [7, 11) is 0. The fourth-order valence-electron chi connectivity index (χ4n) is 1.54. The maximum absolute atomic E-state index is 11.8. The van der Waals surface area contributed by atoms with Crippen molar-refractivity contribution in [3.05, 3.63) is 23.7 Å². The van der Waals surface area contributed by atoms with Crippen LogP contribution in [0.25, 0.3) is 11.2 Å². The lowest BCUT2D eigenvalue weighted by Crippen LogP contribution is -2.07. The van der Waals surface area contributed by atoms with Gasteiger partial charge in [-0.05, 0) is 18.6 Å². The lowest BCUT2D eigenvalue weighted by Gasteiger charge is -2.00. The molecule has 0 aliphatic carbocycles. The lowest BCUT2D eigenvalue weighted by atomic mass is 10.3. The molecule has 2 rings (SSSR count). The fraction of sp³-hybridized carbons (Fsp3) is 0.455. The number of pyridine rings is 1. The number of H-pyrrole nitrogens is 1. The summed E-state index contributed by atoms with van der Waals surface area (Å²) in [5.74, 6) is 0.705. The van der Waals surface area contributed by atoms with Crippen molar-refractivity contribution in [2.75, 3.05) is 13.2 Å². The molecule has 0 unspecified atom stereocenters. The van der Waals surface area contributed by atoms with Crippen LogP contribution in [0, 0.1) is 6.92 Å². The Morgan fingerprint density at radius 3 is 3.00 bits per heavy atom. The van der Waals surface area contributed by atoms with Gasteiger partial charge in [-0.1, -0.05) is 0 Å². The molecular formula is C11H13F2N3O. The monoisotopic (exact) mass is 241 g/mol. The maximum atomic E-state index is 11.8. The highest BCUT2D eigenvalue weighted by molar-refractivity contribution is 5.74. The Morgan fingerprint density at radius 1 is 1.47 bits per heavy atom. The Kier molecular flexibility index (Phi) is 3.63. The molecular weight excluding hydrogens is 228 g/mol. The molecule has 0 atom stereocenters. The first kappa shape index (κ1) is 11.9. The number of halogens is 2. The highest BCUT2D eigenvalue weighted by Gasteiger charge is 2.06. The molecule has 0 bridgehead atoms. The van der Waals surface area contributed by atoms with Gasteiger partial charge < -0.3 is 9.72 Å². The molecule has 2 aromatic heterocycles. The first-order valence-electron chi connectivity index (χ1n) is 5.33. The summed E-state index contributed by atoms with van der Waals surface area (Å²) in [6, 6.07) is 1.89. The van der Waals surface area contributed by atoms with E-state index >= 15 is 0 Å². The van der Waals surface area contributed by atoms with Crippen molar-refractivity contribution in [3.63, 3.8) is 0 Å². The van der Waals surface area contributed by atoms with Gasteiger partial charge in [0, 0.05) is 12.6 Å². The van der Waals surface area contributed by atoms with Gasteiger partial charge in [-0.25, -0.2) is 18.7 Å². The van der Waals surface area contributed by atoms with Crippen LogP contribution >= 0.6 is 0 Å². The second-order valence-electron chi connectivity index (χ2n) is 3.73. The van der Waals surface area contributed by atoms with Gasteiger partial charge in [0.25, 0.3) is 6.43 Å². The highest BCUT2D eigenvalue weighted by Crippen LogP contribution is 2.13. The number of hydrogen-bond donors (Lipinski definition) is 1. The van der Waals surface area contributed by atoms with E-state index in [0.29, 0.717) is 17.9 Å². The van der Waals surface area contributed by atoms with E-state index in [1.165, 1.54) is 0 Å². The van der Waals surface area contributed by atoms with E-state index in [4.69, 9.17) is 4.74 Å². The van der Waals surface area contributed by atoms with Crippen LogP contribution in [0.4, 0.5) is 8.78 Å². The Labute approximate surface area is 97.0 Å². The summed E-state index contributed by atoms with van der Waals surface area (Å²) in [6.07, 6.45) is -0.257. The number of aromatic amines is 1. The van der Waals surface area contributed by atoms with Gasteiger partial charge in [0.2, 0.25) is 0 Å². The molecule has 0 aliphatic heterocycles. The molecule has 0 amide bonds. The van der Waals surface area contributed by atoms with Crippen molar-refractivity contribution in [3.8, 4) is 0 Å². The van der Waals surface area contributed by atoms with Gasteiger partial charge >= 0.3 is 0 Å². The van der Waals surface area contributed by atoms with Gasteiger partial charge in [-0.3, -0.25) is 0 Å². The minimum atomic E-state index is -2.42. The third-order valence-corrected chi connectivity index (χ3v) is 2.38. The number of ether oxygens (including phenoxy) is 1. The topological polar surface area (TPSA) is 50.8 Å². The second kappa shape index (κ2) is 5.18. The van der Waals surface area contributed by atoms with Gasteiger partial charge in [0.05, 0.1) is 12.1 Å². The molecule has 0 saturated carbocycles. The summed E-state index contributed by atoms with van der Waals surface area (Å²) >= 11 is 0. The predicted molar refractivity (Wildman–Crippen MR) is 59.2 cm³/mol. The molecule has 0 saturated heterocycles. The normalized spacial score (nSPS) is 11.5. The first-order valence-corrected chi connectivity index (χ1v) is 5.33. The Balaban J connectivity index is 1.98. The number of fused-ring (bicyclic) bond motifs is 1. The molecule has 2 heterocycles. The summed E-state index contributed by atoms with van der Waals surface area (Å²) < 4.78 is 28.4. The SMILES string of the molecule is Cc1ccnc2nc(CCOCC(F)F)[nH]c12. The fourth-order valence-corrected chi connectivity index (χ4v) is 1.54.